The Bertz CT molecular complexity index is 739. The lowest BCUT2D eigenvalue weighted by Gasteiger charge is -2.36. The summed E-state index contributed by atoms with van der Waals surface area (Å²) in [4.78, 5) is 31.4. The fourth-order valence-corrected chi connectivity index (χ4v) is 3.69. The van der Waals surface area contributed by atoms with Gasteiger partial charge in [-0.05, 0) is 25.7 Å². The molecule has 26 heavy (non-hydrogen) atoms. The minimum Gasteiger partial charge on any atom is -0.340 e. The number of aromatic nitrogens is 2. The highest BCUT2D eigenvalue weighted by Gasteiger charge is 2.26. The van der Waals surface area contributed by atoms with Crippen molar-refractivity contribution in [3.63, 3.8) is 0 Å². The van der Waals surface area contributed by atoms with Crippen LogP contribution >= 0.6 is 0 Å². The van der Waals surface area contributed by atoms with Crippen LogP contribution in [0.15, 0.2) is 42.7 Å². The molecule has 1 aliphatic rings. The number of ketones is 1. The van der Waals surface area contributed by atoms with Gasteiger partial charge >= 0.3 is 0 Å². The lowest BCUT2D eigenvalue weighted by molar-refractivity contribution is -0.135. The molecule has 0 unspecified atom stereocenters. The summed E-state index contributed by atoms with van der Waals surface area (Å²) >= 11 is 0. The Labute approximate surface area is 155 Å². The van der Waals surface area contributed by atoms with Gasteiger partial charge in [0.1, 0.15) is 5.82 Å². The number of rotatable bonds is 7. The molecule has 1 atom stereocenters. The maximum atomic E-state index is 12.7. The Kier molecular flexibility index (Phi) is 6.21. The molecule has 0 spiro atoms. The van der Waals surface area contributed by atoms with Crippen molar-refractivity contribution in [2.24, 2.45) is 7.05 Å². The van der Waals surface area contributed by atoms with Gasteiger partial charge < -0.3 is 9.47 Å². The normalized spacial score (nSPS) is 17.3. The third kappa shape index (κ3) is 4.59. The third-order valence-corrected chi connectivity index (χ3v) is 5.23. The van der Waals surface area contributed by atoms with E-state index in [0.29, 0.717) is 12.0 Å². The molecule has 0 bridgehead atoms. The van der Waals surface area contributed by atoms with Crippen molar-refractivity contribution in [2.75, 3.05) is 6.54 Å². The number of nitrogens with zero attached hydrogens (tertiary/aromatic N) is 3. The number of hydrogen-bond acceptors (Lipinski definition) is 3. The van der Waals surface area contributed by atoms with E-state index in [1.54, 1.807) is 0 Å². The van der Waals surface area contributed by atoms with Crippen LogP contribution in [0.4, 0.5) is 0 Å². The molecule has 2 aromatic rings. The van der Waals surface area contributed by atoms with Gasteiger partial charge in [0.25, 0.3) is 0 Å². The van der Waals surface area contributed by atoms with Crippen molar-refractivity contribution in [3.8, 4) is 0 Å². The molecular weight excluding hydrogens is 326 g/mol. The average molecular weight is 353 g/mol. The molecule has 2 heterocycles. The van der Waals surface area contributed by atoms with Crippen LogP contribution in [0, 0.1) is 0 Å². The van der Waals surface area contributed by atoms with E-state index in [0.717, 1.165) is 44.5 Å². The molecule has 138 valence electrons. The number of hydrogen-bond donors (Lipinski definition) is 0. The number of carbonyl (C=O) groups is 2. The van der Waals surface area contributed by atoms with Crippen molar-refractivity contribution in [1.29, 1.82) is 0 Å². The van der Waals surface area contributed by atoms with Gasteiger partial charge in [0, 0.05) is 56.9 Å². The van der Waals surface area contributed by atoms with Crippen LogP contribution in [-0.2, 0) is 18.3 Å². The minimum absolute atomic E-state index is 0.0421. The van der Waals surface area contributed by atoms with Crippen molar-refractivity contribution in [2.45, 2.75) is 51.0 Å². The molecule has 1 fully saturated rings. The van der Waals surface area contributed by atoms with Crippen LogP contribution in [0.25, 0.3) is 0 Å². The summed E-state index contributed by atoms with van der Waals surface area (Å²) in [6.07, 6.45) is 9.42. The molecular formula is C21H27N3O2. The van der Waals surface area contributed by atoms with E-state index in [-0.39, 0.29) is 24.2 Å². The van der Waals surface area contributed by atoms with Crippen LogP contribution < -0.4 is 0 Å². The highest BCUT2D eigenvalue weighted by Crippen LogP contribution is 2.22. The Hall–Kier alpha value is -2.43. The van der Waals surface area contributed by atoms with Crippen molar-refractivity contribution in [1.82, 2.24) is 14.5 Å². The third-order valence-electron chi connectivity index (χ3n) is 5.23. The molecule has 5 nitrogen and oxygen atoms in total. The summed E-state index contributed by atoms with van der Waals surface area (Å²) in [7, 11) is 2.00. The fraction of sp³-hybridized carbons (Fsp3) is 0.476. The molecule has 1 aliphatic heterocycles. The highest BCUT2D eigenvalue weighted by atomic mass is 16.2. The van der Waals surface area contributed by atoms with E-state index in [1.165, 1.54) is 0 Å². The molecule has 1 aromatic carbocycles. The van der Waals surface area contributed by atoms with E-state index in [1.807, 2.05) is 59.2 Å². The number of benzene rings is 1. The van der Waals surface area contributed by atoms with Crippen LogP contribution in [-0.4, -0.2) is 38.7 Å². The average Bonchev–Trinajstić information content (AvgIpc) is 3.10. The Morgan fingerprint density at radius 1 is 1.15 bits per heavy atom. The van der Waals surface area contributed by atoms with Gasteiger partial charge in [-0.15, -0.1) is 0 Å². The number of imidazole rings is 1. The zero-order valence-corrected chi connectivity index (χ0v) is 15.4. The van der Waals surface area contributed by atoms with E-state index in [4.69, 9.17) is 0 Å². The Morgan fingerprint density at radius 2 is 1.96 bits per heavy atom. The molecule has 1 aromatic heterocycles. The van der Waals surface area contributed by atoms with Crippen molar-refractivity contribution < 1.29 is 9.59 Å². The SMILES string of the molecule is Cn1ccnc1CC[C@@H]1CCCCN1C(=O)CCC(=O)c1ccccc1. The first-order valence-electron chi connectivity index (χ1n) is 9.49. The van der Waals surface area contributed by atoms with E-state index in [9.17, 15) is 9.59 Å². The minimum atomic E-state index is 0.0421. The monoisotopic (exact) mass is 353 g/mol. The Morgan fingerprint density at radius 3 is 2.69 bits per heavy atom. The molecule has 0 radical (unpaired) electrons. The van der Waals surface area contributed by atoms with Crippen molar-refractivity contribution >= 4 is 11.7 Å². The number of piperidine rings is 1. The van der Waals surface area contributed by atoms with Gasteiger partial charge in [0.2, 0.25) is 5.91 Å². The van der Waals surface area contributed by atoms with Crippen LogP contribution in [0.2, 0.25) is 0 Å². The first-order chi connectivity index (χ1) is 12.6. The van der Waals surface area contributed by atoms with Crippen LogP contribution in [0.1, 0.15) is 54.7 Å². The summed E-state index contributed by atoms with van der Waals surface area (Å²) < 4.78 is 2.04. The zero-order valence-electron chi connectivity index (χ0n) is 15.4. The quantitative estimate of drug-likeness (QED) is 0.717. The van der Waals surface area contributed by atoms with E-state index < -0.39 is 0 Å². The smallest absolute Gasteiger partial charge is 0.223 e. The van der Waals surface area contributed by atoms with Gasteiger partial charge in [-0.1, -0.05) is 30.3 Å². The first-order valence-corrected chi connectivity index (χ1v) is 9.49. The molecule has 1 saturated heterocycles. The lowest BCUT2D eigenvalue weighted by Crippen LogP contribution is -2.44. The maximum absolute atomic E-state index is 12.7. The summed E-state index contributed by atoms with van der Waals surface area (Å²) in [6, 6.07) is 9.48. The van der Waals surface area contributed by atoms with Crippen LogP contribution in [0.5, 0.6) is 0 Å². The molecule has 3 rings (SSSR count). The summed E-state index contributed by atoms with van der Waals surface area (Å²) in [5.41, 5.74) is 0.685. The number of amides is 1. The summed E-state index contributed by atoms with van der Waals surface area (Å²) in [5.74, 6) is 1.21. The second kappa shape index (κ2) is 8.79. The standard InChI is InChI=1S/C21H27N3O2/c1-23-16-14-22-20(23)12-10-18-9-5-6-15-24(18)21(26)13-11-19(25)17-7-3-2-4-8-17/h2-4,7-8,14,16,18H,5-6,9-13,15H2,1H3/t18-/m0/s1. The molecule has 1 amide bonds. The molecule has 0 saturated carbocycles. The molecule has 0 aliphatic carbocycles. The van der Waals surface area contributed by atoms with E-state index in [2.05, 4.69) is 4.98 Å². The topological polar surface area (TPSA) is 55.2 Å². The highest BCUT2D eigenvalue weighted by molar-refractivity contribution is 5.97. The maximum Gasteiger partial charge on any atom is 0.223 e. The second-order valence-electron chi connectivity index (χ2n) is 7.02. The van der Waals surface area contributed by atoms with Gasteiger partial charge in [-0.25, -0.2) is 4.98 Å². The second-order valence-corrected chi connectivity index (χ2v) is 7.02. The van der Waals surface area contributed by atoms with Gasteiger partial charge in [0.15, 0.2) is 5.78 Å². The van der Waals surface area contributed by atoms with Gasteiger partial charge in [-0.3, -0.25) is 9.59 Å². The zero-order chi connectivity index (χ0) is 18.4. The predicted octanol–water partition coefficient (Wildman–Crippen LogP) is 3.40. The van der Waals surface area contributed by atoms with Crippen molar-refractivity contribution in [3.05, 3.63) is 54.1 Å². The van der Waals surface area contributed by atoms with Gasteiger partial charge in [-0.2, -0.15) is 0 Å². The number of likely N-dealkylation sites (tertiary alicyclic amines) is 1. The first kappa shape index (κ1) is 18.4. The van der Waals surface area contributed by atoms with Crippen LogP contribution in [0.3, 0.4) is 0 Å². The predicted molar refractivity (Wildman–Crippen MR) is 101 cm³/mol. The summed E-state index contributed by atoms with van der Waals surface area (Å²) in [6.45, 7) is 0.809. The lowest BCUT2D eigenvalue weighted by atomic mass is 9.96. The number of Topliss-reactive ketones (excluding diaryl/α,β-unsaturated/α-hetero) is 1. The fourth-order valence-electron chi connectivity index (χ4n) is 3.69. The number of carbonyl (C=O) groups excluding carboxylic acids is 2. The molecule has 0 N–H and O–H groups in total. The molecule has 5 heteroatoms. The Balaban J connectivity index is 1.54. The van der Waals surface area contributed by atoms with E-state index >= 15 is 0 Å². The largest absolute Gasteiger partial charge is 0.340 e. The van der Waals surface area contributed by atoms with Gasteiger partial charge in [0.05, 0.1) is 0 Å². The summed E-state index contributed by atoms with van der Waals surface area (Å²) in [5, 5.41) is 0. The number of aryl methyl sites for hydroxylation is 2.